The van der Waals surface area contributed by atoms with Gasteiger partial charge in [0.25, 0.3) is 0 Å². The molecule has 3 N–H and O–H groups in total. The molecule has 126 valence electrons. The number of rotatable bonds is 6. The van der Waals surface area contributed by atoms with Gasteiger partial charge >= 0.3 is 20.4 Å². The van der Waals surface area contributed by atoms with E-state index in [-0.39, 0.29) is 3.71 Å². The smallest absolute Gasteiger partial charge is 0.225 e. The molecule has 13 heteroatoms. The highest BCUT2D eigenvalue weighted by Crippen LogP contribution is 2.29. The zero-order chi connectivity index (χ0) is 17.3. The highest BCUT2D eigenvalue weighted by atomic mass is 32.3. The third-order valence-electron chi connectivity index (χ3n) is 2.52. The maximum Gasteiger partial charge on any atom is 0.317 e. The van der Waals surface area contributed by atoms with Gasteiger partial charge in [-0.25, -0.2) is 13.6 Å². The highest BCUT2D eigenvalue weighted by Gasteiger charge is 2.38. The van der Waals surface area contributed by atoms with E-state index in [1.165, 1.54) is 12.1 Å². The van der Waals surface area contributed by atoms with Crippen LogP contribution in [0.1, 0.15) is 0 Å². The van der Waals surface area contributed by atoms with Gasteiger partial charge in [0.15, 0.2) is 0 Å². The molecular formula is C9H16N4O6S3. The second-order valence-corrected chi connectivity index (χ2v) is 9.68. The third kappa shape index (κ3) is 3.56. The lowest BCUT2D eigenvalue weighted by atomic mass is 10.3. The molecule has 1 aromatic rings. The van der Waals surface area contributed by atoms with Crippen LogP contribution >= 0.6 is 0 Å². The molecule has 0 aromatic heterocycles. The molecule has 0 atom stereocenters. The van der Waals surface area contributed by atoms with Crippen molar-refractivity contribution in [3.05, 3.63) is 24.3 Å². The molecule has 0 amide bonds. The largest absolute Gasteiger partial charge is 0.317 e. The van der Waals surface area contributed by atoms with Gasteiger partial charge in [-0.2, -0.15) is 25.9 Å². The van der Waals surface area contributed by atoms with Crippen LogP contribution in [0, 0.1) is 0 Å². The summed E-state index contributed by atoms with van der Waals surface area (Å²) in [5, 5.41) is 5.02. The second-order valence-electron chi connectivity index (χ2n) is 4.21. The van der Waals surface area contributed by atoms with Crippen LogP contribution in [0.3, 0.4) is 0 Å². The topological polar surface area (TPSA) is 147 Å². The summed E-state index contributed by atoms with van der Waals surface area (Å²) in [6.07, 6.45) is 0. The summed E-state index contributed by atoms with van der Waals surface area (Å²) in [7, 11) is -10.3. The Morgan fingerprint density at radius 1 is 1.00 bits per heavy atom. The lowest BCUT2D eigenvalue weighted by molar-refractivity contribution is 0.519. The second kappa shape index (κ2) is 6.10. The predicted octanol–water partition coefficient (Wildman–Crippen LogP) is -1.59. The van der Waals surface area contributed by atoms with E-state index in [1.54, 1.807) is 0 Å². The Morgan fingerprint density at radius 3 is 1.91 bits per heavy atom. The minimum atomic E-state index is -4.57. The number of anilines is 1. The van der Waals surface area contributed by atoms with Gasteiger partial charge in [0.1, 0.15) is 4.90 Å². The van der Waals surface area contributed by atoms with E-state index in [1.807, 2.05) is 4.72 Å². The molecule has 0 radical (unpaired) electrons. The van der Waals surface area contributed by atoms with E-state index in [0.717, 1.165) is 33.3 Å². The normalized spacial score (nSPS) is 13.3. The number of primary sulfonamides is 1. The van der Waals surface area contributed by atoms with Crippen molar-refractivity contribution in [3.8, 4) is 0 Å². The Balaban J connectivity index is 3.86. The minimum absolute atomic E-state index is 0.0280. The summed E-state index contributed by atoms with van der Waals surface area (Å²) in [5.74, 6) is 0. The molecule has 22 heavy (non-hydrogen) atoms. The fraction of sp³-hybridized carbons (Fsp3) is 0.333. The van der Waals surface area contributed by atoms with Crippen molar-refractivity contribution in [2.45, 2.75) is 4.90 Å². The molecule has 0 saturated heterocycles. The zero-order valence-corrected chi connectivity index (χ0v) is 14.4. The highest BCUT2D eigenvalue weighted by molar-refractivity contribution is 8.08. The fourth-order valence-corrected chi connectivity index (χ4v) is 5.20. The monoisotopic (exact) mass is 372 g/mol. The van der Waals surface area contributed by atoms with Gasteiger partial charge in [-0.05, 0) is 12.1 Å². The van der Waals surface area contributed by atoms with Gasteiger partial charge in [0, 0.05) is 21.1 Å². The molecule has 0 aliphatic rings. The average Bonchev–Trinajstić information content (AvgIpc) is 2.37. The van der Waals surface area contributed by atoms with Gasteiger partial charge in [0.2, 0.25) is 10.0 Å². The van der Waals surface area contributed by atoms with E-state index >= 15 is 0 Å². The first-order valence-electron chi connectivity index (χ1n) is 5.64. The fourth-order valence-electron chi connectivity index (χ4n) is 1.46. The van der Waals surface area contributed by atoms with Gasteiger partial charge in [-0.15, -0.1) is 3.71 Å². The van der Waals surface area contributed by atoms with Crippen molar-refractivity contribution in [1.29, 1.82) is 0 Å². The quantitative estimate of drug-likeness (QED) is 0.615. The molecule has 0 bridgehead atoms. The first-order chi connectivity index (χ1) is 9.85. The molecule has 0 unspecified atom stereocenters. The molecule has 0 aliphatic carbocycles. The summed E-state index contributed by atoms with van der Waals surface area (Å²) in [6.45, 7) is 0. The Kier molecular flexibility index (Phi) is 5.21. The molecule has 0 aliphatic heterocycles. The first-order valence-corrected chi connectivity index (χ1v) is 10.0. The van der Waals surface area contributed by atoms with Crippen LogP contribution in [-0.4, -0.2) is 50.7 Å². The van der Waals surface area contributed by atoms with E-state index in [9.17, 15) is 25.3 Å². The van der Waals surface area contributed by atoms with Crippen molar-refractivity contribution >= 4 is 36.1 Å². The Bertz CT molecular complexity index is 860. The standard InChI is InChI=1S/C9H16N4O6S3/c1-11-21(16,17)13(22(18,19)12(2)3)8-6-4-5-7-9(8)20(10,14)15/h4-7,11H,1-3H3,(H2,10,14,15). The molecule has 10 nitrogen and oxygen atoms in total. The predicted molar refractivity (Wildman–Crippen MR) is 80.9 cm³/mol. The number of nitrogens with two attached hydrogens (primary N) is 1. The Hall–Kier alpha value is -1.25. The van der Waals surface area contributed by atoms with Crippen molar-refractivity contribution in [2.75, 3.05) is 24.9 Å². The molecular weight excluding hydrogens is 356 g/mol. The summed E-state index contributed by atoms with van der Waals surface area (Å²) in [5.41, 5.74) is -0.604. The van der Waals surface area contributed by atoms with Crippen LogP contribution in [0.25, 0.3) is 0 Å². The van der Waals surface area contributed by atoms with Crippen molar-refractivity contribution in [3.63, 3.8) is 0 Å². The number of para-hydroxylation sites is 1. The average molecular weight is 372 g/mol. The molecule has 0 fully saturated rings. The van der Waals surface area contributed by atoms with Crippen molar-refractivity contribution < 1.29 is 25.3 Å². The van der Waals surface area contributed by atoms with Crippen LogP contribution in [0.5, 0.6) is 0 Å². The summed E-state index contributed by atoms with van der Waals surface area (Å²) in [6, 6.07) is 4.60. The third-order valence-corrected chi connectivity index (χ3v) is 7.32. The maximum absolute atomic E-state index is 12.3. The van der Waals surface area contributed by atoms with Crippen LogP contribution < -0.4 is 13.6 Å². The molecule has 0 saturated carbocycles. The van der Waals surface area contributed by atoms with Gasteiger partial charge in [-0.3, -0.25) is 0 Å². The Labute approximate surface area is 129 Å². The number of hydrogen-bond donors (Lipinski definition) is 2. The summed E-state index contributed by atoms with van der Waals surface area (Å²) < 4.78 is 74.5. The van der Waals surface area contributed by atoms with Gasteiger partial charge in [-0.1, -0.05) is 12.1 Å². The van der Waals surface area contributed by atoms with Crippen molar-refractivity contribution in [1.82, 2.24) is 9.03 Å². The van der Waals surface area contributed by atoms with Crippen molar-refractivity contribution in [2.24, 2.45) is 5.14 Å². The van der Waals surface area contributed by atoms with Crippen LogP contribution in [0.2, 0.25) is 0 Å². The first kappa shape index (κ1) is 18.8. The maximum atomic E-state index is 12.3. The van der Waals surface area contributed by atoms with Crippen LogP contribution in [0.4, 0.5) is 5.69 Å². The summed E-state index contributed by atoms with van der Waals surface area (Å²) in [4.78, 5) is -0.640. The summed E-state index contributed by atoms with van der Waals surface area (Å²) >= 11 is 0. The van der Waals surface area contributed by atoms with Crippen LogP contribution in [-0.2, 0) is 30.4 Å². The molecule has 0 spiro atoms. The van der Waals surface area contributed by atoms with E-state index in [4.69, 9.17) is 5.14 Å². The zero-order valence-electron chi connectivity index (χ0n) is 12.0. The van der Waals surface area contributed by atoms with E-state index < -0.39 is 41.0 Å². The van der Waals surface area contributed by atoms with Gasteiger partial charge < -0.3 is 0 Å². The van der Waals surface area contributed by atoms with E-state index in [2.05, 4.69) is 0 Å². The van der Waals surface area contributed by atoms with E-state index in [0.29, 0.717) is 4.31 Å². The van der Waals surface area contributed by atoms with Gasteiger partial charge in [0.05, 0.1) is 5.69 Å². The number of sulfonamides is 1. The minimum Gasteiger partial charge on any atom is -0.225 e. The number of benzene rings is 1. The van der Waals surface area contributed by atoms with Crippen LogP contribution in [0.15, 0.2) is 29.2 Å². The molecule has 1 rings (SSSR count). The lowest BCUT2D eigenvalue weighted by Gasteiger charge is -2.27. The Morgan fingerprint density at radius 2 is 1.50 bits per heavy atom. The SMILES string of the molecule is CNS(=O)(=O)N(c1ccccc1S(N)(=O)=O)S(=O)(=O)N(C)C. The number of hydrogen-bond acceptors (Lipinski definition) is 6. The molecule has 1 aromatic carbocycles. The number of nitrogens with one attached hydrogen (secondary N) is 1. The lowest BCUT2D eigenvalue weighted by Crippen LogP contribution is -2.48. The molecule has 0 heterocycles. The number of nitrogens with zero attached hydrogens (tertiary/aromatic N) is 2.